The van der Waals surface area contributed by atoms with Crippen LogP contribution >= 0.6 is 11.6 Å². The molecule has 1 heterocycles. The highest BCUT2D eigenvalue weighted by atomic mass is 35.5. The second-order valence-electron chi connectivity index (χ2n) is 4.40. The van der Waals surface area contributed by atoms with Crippen LogP contribution in [0.15, 0.2) is 0 Å². The van der Waals surface area contributed by atoms with Crippen molar-refractivity contribution in [1.82, 2.24) is 10.2 Å². The van der Waals surface area contributed by atoms with Crippen molar-refractivity contribution in [2.24, 2.45) is 0 Å². The fraction of sp³-hybridized carbons (Fsp3) is 1.00. The SMILES string of the molecule is ClCCCCCCNCCN1CCCC1. The monoisotopic (exact) mass is 232 g/mol. The zero-order valence-corrected chi connectivity index (χ0v) is 10.6. The summed E-state index contributed by atoms with van der Waals surface area (Å²) in [6.07, 6.45) is 7.89. The quantitative estimate of drug-likeness (QED) is 0.486. The number of halogens is 1. The molecule has 0 saturated carbocycles. The average Bonchev–Trinajstić information content (AvgIpc) is 2.75. The van der Waals surface area contributed by atoms with Crippen molar-refractivity contribution in [1.29, 1.82) is 0 Å². The first-order chi connectivity index (χ1) is 7.43. The molecule has 90 valence electrons. The maximum atomic E-state index is 5.62. The molecule has 1 rings (SSSR count). The Hall–Kier alpha value is 0.210. The number of alkyl halides is 1. The smallest absolute Gasteiger partial charge is 0.0223 e. The largest absolute Gasteiger partial charge is 0.315 e. The Morgan fingerprint density at radius 1 is 0.933 bits per heavy atom. The number of unbranched alkanes of at least 4 members (excludes halogenated alkanes) is 3. The summed E-state index contributed by atoms with van der Waals surface area (Å²) in [5, 5.41) is 3.51. The van der Waals surface area contributed by atoms with Crippen LogP contribution in [0.1, 0.15) is 38.5 Å². The van der Waals surface area contributed by atoms with E-state index in [1.54, 1.807) is 0 Å². The molecule has 0 amide bonds. The van der Waals surface area contributed by atoms with E-state index >= 15 is 0 Å². The van der Waals surface area contributed by atoms with Gasteiger partial charge in [0, 0.05) is 19.0 Å². The van der Waals surface area contributed by atoms with Crippen molar-refractivity contribution in [2.45, 2.75) is 38.5 Å². The Balaban J connectivity index is 1.73. The lowest BCUT2D eigenvalue weighted by Gasteiger charge is -2.14. The van der Waals surface area contributed by atoms with Crippen molar-refractivity contribution in [3.8, 4) is 0 Å². The number of nitrogens with zero attached hydrogens (tertiary/aromatic N) is 1. The molecule has 1 aliphatic heterocycles. The third-order valence-electron chi connectivity index (χ3n) is 3.04. The fourth-order valence-corrected chi connectivity index (χ4v) is 2.26. The summed E-state index contributed by atoms with van der Waals surface area (Å²) in [7, 11) is 0. The molecule has 1 saturated heterocycles. The molecule has 2 nitrogen and oxygen atoms in total. The van der Waals surface area contributed by atoms with Crippen LogP contribution in [0.3, 0.4) is 0 Å². The zero-order chi connectivity index (χ0) is 10.8. The molecule has 0 aromatic heterocycles. The maximum Gasteiger partial charge on any atom is 0.0223 e. The summed E-state index contributed by atoms with van der Waals surface area (Å²) in [6.45, 7) is 6.21. The van der Waals surface area contributed by atoms with Gasteiger partial charge in [0.2, 0.25) is 0 Å². The predicted molar refractivity (Wildman–Crippen MR) is 67.7 cm³/mol. The minimum absolute atomic E-state index is 0.822. The van der Waals surface area contributed by atoms with Gasteiger partial charge >= 0.3 is 0 Å². The van der Waals surface area contributed by atoms with Gasteiger partial charge in [0.1, 0.15) is 0 Å². The van der Waals surface area contributed by atoms with Gasteiger partial charge < -0.3 is 10.2 Å². The molecule has 0 aliphatic carbocycles. The minimum Gasteiger partial charge on any atom is -0.315 e. The van der Waals surface area contributed by atoms with E-state index in [9.17, 15) is 0 Å². The highest BCUT2D eigenvalue weighted by molar-refractivity contribution is 6.17. The number of likely N-dealkylation sites (tertiary alicyclic amines) is 1. The van der Waals surface area contributed by atoms with Gasteiger partial charge in [0.05, 0.1) is 0 Å². The molecule has 15 heavy (non-hydrogen) atoms. The van der Waals surface area contributed by atoms with Gasteiger partial charge in [0.15, 0.2) is 0 Å². The molecule has 1 N–H and O–H groups in total. The van der Waals surface area contributed by atoms with E-state index in [2.05, 4.69) is 10.2 Å². The first kappa shape index (κ1) is 13.3. The van der Waals surface area contributed by atoms with Crippen LogP contribution in [-0.2, 0) is 0 Å². The molecule has 0 unspecified atom stereocenters. The Morgan fingerprint density at radius 3 is 2.40 bits per heavy atom. The van der Waals surface area contributed by atoms with Gasteiger partial charge in [0.25, 0.3) is 0 Å². The number of nitrogens with one attached hydrogen (secondary N) is 1. The summed E-state index contributed by atoms with van der Waals surface area (Å²) < 4.78 is 0. The van der Waals surface area contributed by atoms with Crippen LogP contribution in [0.4, 0.5) is 0 Å². The third-order valence-corrected chi connectivity index (χ3v) is 3.31. The van der Waals surface area contributed by atoms with E-state index in [1.165, 1.54) is 64.7 Å². The molecule has 0 radical (unpaired) electrons. The summed E-state index contributed by atoms with van der Waals surface area (Å²) in [6, 6.07) is 0. The lowest BCUT2D eigenvalue weighted by atomic mass is 10.2. The molecule has 0 spiro atoms. The molecule has 0 bridgehead atoms. The zero-order valence-electron chi connectivity index (χ0n) is 9.81. The van der Waals surface area contributed by atoms with Crippen molar-refractivity contribution in [3.05, 3.63) is 0 Å². The molecular formula is C12H25ClN2. The van der Waals surface area contributed by atoms with Crippen LogP contribution in [0.25, 0.3) is 0 Å². The van der Waals surface area contributed by atoms with Gasteiger partial charge in [-0.2, -0.15) is 0 Å². The Morgan fingerprint density at radius 2 is 1.67 bits per heavy atom. The molecule has 1 aliphatic rings. The molecule has 1 fully saturated rings. The Labute approximate surface area is 99.4 Å². The van der Waals surface area contributed by atoms with E-state index in [0.717, 1.165) is 12.4 Å². The second kappa shape index (κ2) is 9.44. The van der Waals surface area contributed by atoms with Crippen molar-refractivity contribution >= 4 is 11.6 Å². The summed E-state index contributed by atoms with van der Waals surface area (Å²) in [4.78, 5) is 2.56. The van der Waals surface area contributed by atoms with Gasteiger partial charge in [-0.25, -0.2) is 0 Å². The van der Waals surface area contributed by atoms with Crippen LogP contribution < -0.4 is 5.32 Å². The van der Waals surface area contributed by atoms with E-state index < -0.39 is 0 Å². The lowest BCUT2D eigenvalue weighted by Crippen LogP contribution is -2.30. The van der Waals surface area contributed by atoms with Crippen LogP contribution in [0.2, 0.25) is 0 Å². The van der Waals surface area contributed by atoms with Crippen molar-refractivity contribution in [3.63, 3.8) is 0 Å². The maximum absolute atomic E-state index is 5.62. The molecule has 0 aromatic rings. The van der Waals surface area contributed by atoms with Crippen LogP contribution in [0.5, 0.6) is 0 Å². The van der Waals surface area contributed by atoms with Gasteiger partial charge in [-0.1, -0.05) is 12.8 Å². The molecule has 3 heteroatoms. The number of hydrogen-bond donors (Lipinski definition) is 1. The average molecular weight is 233 g/mol. The van der Waals surface area contributed by atoms with Gasteiger partial charge in [-0.15, -0.1) is 11.6 Å². The van der Waals surface area contributed by atoms with E-state index in [-0.39, 0.29) is 0 Å². The fourth-order valence-electron chi connectivity index (χ4n) is 2.07. The standard InChI is InChI=1S/C12H25ClN2/c13-7-3-1-2-4-8-14-9-12-15-10-5-6-11-15/h14H,1-12H2. The van der Waals surface area contributed by atoms with Gasteiger partial charge in [-0.3, -0.25) is 0 Å². The molecule has 0 atom stereocenters. The summed E-state index contributed by atoms with van der Waals surface area (Å²) >= 11 is 5.62. The Kier molecular flexibility index (Phi) is 8.35. The van der Waals surface area contributed by atoms with Crippen molar-refractivity contribution < 1.29 is 0 Å². The van der Waals surface area contributed by atoms with Crippen molar-refractivity contribution in [2.75, 3.05) is 38.6 Å². The first-order valence-corrected chi connectivity index (χ1v) is 6.96. The van der Waals surface area contributed by atoms with Crippen LogP contribution in [-0.4, -0.2) is 43.5 Å². The number of hydrogen-bond acceptors (Lipinski definition) is 2. The van der Waals surface area contributed by atoms with E-state index in [4.69, 9.17) is 11.6 Å². The summed E-state index contributed by atoms with van der Waals surface area (Å²) in [5.41, 5.74) is 0. The predicted octanol–water partition coefficient (Wildman–Crippen LogP) is 2.47. The minimum atomic E-state index is 0.822. The van der Waals surface area contributed by atoms with E-state index in [1.807, 2.05) is 0 Å². The van der Waals surface area contributed by atoms with E-state index in [0.29, 0.717) is 0 Å². The molecular weight excluding hydrogens is 208 g/mol. The lowest BCUT2D eigenvalue weighted by molar-refractivity contribution is 0.335. The normalized spacial score (nSPS) is 17.4. The highest BCUT2D eigenvalue weighted by Crippen LogP contribution is 2.05. The van der Waals surface area contributed by atoms with Gasteiger partial charge in [-0.05, 0) is 45.3 Å². The topological polar surface area (TPSA) is 15.3 Å². The first-order valence-electron chi connectivity index (χ1n) is 6.42. The summed E-state index contributed by atoms with van der Waals surface area (Å²) in [5.74, 6) is 0.822. The highest BCUT2D eigenvalue weighted by Gasteiger charge is 2.09. The molecule has 0 aromatic carbocycles. The number of rotatable bonds is 9. The second-order valence-corrected chi connectivity index (χ2v) is 4.78. The third kappa shape index (κ3) is 7.15. The van der Waals surface area contributed by atoms with Crippen LogP contribution in [0, 0.1) is 0 Å². The Bertz CT molecular complexity index is 136.